The number of amides is 1. The molecule has 1 aliphatic heterocycles. The number of likely N-dealkylation sites (N-methyl/N-ethyl adjacent to an activating group) is 1. The van der Waals surface area contributed by atoms with Crippen molar-refractivity contribution in [3.05, 3.63) is 29.6 Å². The Balaban J connectivity index is 2.02. The van der Waals surface area contributed by atoms with Crippen LogP contribution < -0.4 is 0 Å². The van der Waals surface area contributed by atoms with Crippen LogP contribution in [0.15, 0.2) is 18.3 Å². The maximum atomic E-state index is 12.4. The average molecular weight is 272 g/mol. The fourth-order valence-corrected chi connectivity index (χ4v) is 2.71. The molecule has 0 N–H and O–H groups in total. The first-order valence-corrected chi connectivity index (χ1v) is 7.09. The van der Waals surface area contributed by atoms with Gasteiger partial charge >= 0.3 is 0 Å². The van der Waals surface area contributed by atoms with Gasteiger partial charge in [0.15, 0.2) is 0 Å². The van der Waals surface area contributed by atoms with Crippen molar-refractivity contribution in [2.75, 3.05) is 26.2 Å². The van der Waals surface area contributed by atoms with Gasteiger partial charge in [0, 0.05) is 25.3 Å². The molecule has 2 heterocycles. The number of nitriles is 1. The molecule has 2 rings (SSSR count). The molecule has 1 amide bonds. The molecule has 0 spiro atoms. The summed E-state index contributed by atoms with van der Waals surface area (Å²) in [5.41, 5.74) is 0.896. The molecule has 0 aromatic carbocycles. The molecule has 5 nitrogen and oxygen atoms in total. The molecule has 0 radical (unpaired) electrons. The lowest BCUT2D eigenvalue weighted by Gasteiger charge is -2.26. The fraction of sp³-hybridized carbons (Fsp3) is 0.533. The molecule has 1 saturated heterocycles. The number of carbonyl (C=O) groups excluding carboxylic acids is 1. The first kappa shape index (κ1) is 14.5. The lowest BCUT2D eigenvalue weighted by atomic mass is 10.2. The Morgan fingerprint density at radius 2 is 2.25 bits per heavy atom. The van der Waals surface area contributed by atoms with Crippen molar-refractivity contribution in [3.63, 3.8) is 0 Å². The zero-order valence-electron chi connectivity index (χ0n) is 12.0. The number of pyridine rings is 1. The summed E-state index contributed by atoms with van der Waals surface area (Å²) in [5, 5.41) is 8.74. The van der Waals surface area contributed by atoms with Crippen LogP contribution in [0.3, 0.4) is 0 Å². The van der Waals surface area contributed by atoms with Gasteiger partial charge in [-0.15, -0.1) is 0 Å². The third-order valence-electron chi connectivity index (χ3n) is 3.89. The Labute approximate surface area is 119 Å². The molecule has 1 fully saturated rings. The summed E-state index contributed by atoms with van der Waals surface area (Å²) < 4.78 is 0. The minimum Gasteiger partial charge on any atom is -0.336 e. The Hall–Kier alpha value is -1.93. The number of nitrogens with zero attached hydrogens (tertiary/aromatic N) is 4. The van der Waals surface area contributed by atoms with Gasteiger partial charge in [0.25, 0.3) is 5.91 Å². The van der Waals surface area contributed by atoms with Crippen LogP contribution in [-0.2, 0) is 0 Å². The van der Waals surface area contributed by atoms with E-state index in [4.69, 9.17) is 5.26 Å². The molecule has 1 unspecified atom stereocenters. The molecule has 1 aliphatic rings. The summed E-state index contributed by atoms with van der Waals surface area (Å²) in [5.74, 6) is -0.0378. The number of aromatic nitrogens is 1. The van der Waals surface area contributed by atoms with Gasteiger partial charge in [-0.1, -0.05) is 13.8 Å². The molecular weight excluding hydrogens is 252 g/mol. The summed E-state index contributed by atoms with van der Waals surface area (Å²) >= 11 is 0. The van der Waals surface area contributed by atoms with Crippen molar-refractivity contribution in [1.29, 1.82) is 5.26 Å². The standard InChI is InChI=1S/C15H20N4O/c1-3-18(4-2)13-7-8-19(11-13)15(20)14-6-5-12(9-16)10-17-14/h5-6,10,13H,3-4,7-8,11H2,1-2H3. The van der Waals surface area contributed by atoms with E-state index in [1.807, 2.05) is 11.0 Å². The fourth-order valence-electron chi connectivity index (χ4n) is 2.71. The summed E-state index contributed by atoms with van der Waals surface area (Å²) in [4.78, 5) is 20.7. The highest BCUT2D eigenvalue weighted by atomic mass is 16.2. The van der Waals surface area contributed by atoms with Crippen LogP contribution in [0, 0.1) is 11.3 Å². The van der Waals surface area contributed by atoms with E-state index in [2.05, 4.69) is 23.7 Å². The number of rotatable bonds is 4. The van der Waals surface area contributed by atoms with E-state index < -0.39 is 0 Å². The molecule has 20 heavy (non-hydrogen) atoms. The van der Waals surface area contributed by atoms with E-state index >= 15 is 0 Å². The first-order chi connectivity index (χ1) is 9.69. The van der Waals surface area contributed by atoms with Crippen LogP contribution in [0.1, 0.15) is 36.3 Å². The van der Waals surface area contributed by atoms with Gasteiger partial charge in [-0.2, -0.15) is 5.26 Å². The number of likely N-dealkylation sites (tertiary alicyclic amines) is 1. The van der Waals surface area contributed by atoms with Gasteiger partial charge in [-0.05, 0) is 31.6 Å². The van der Waals surface area contributed by atoms with Crippen LogP contribution in [0.5, 0.6) is 0 Å². The quantitative estimate of drug-likeness (QED) is 0.833. The smallest absolute Gasteiger partial charge is 0.272 e. The third-order valence-corrected chi connectivity index (χ3v) is 3.89. The lowest BCUT2D eigenvalue weighted by molar-refractivity contribution is 0.0772. The zero-order chi connectivity index (χ0) is 14.5. The average Bonchev–Trinajstić information content (AvgIpc) is 2.97. The molecule has 106 valence electrons. The first-order valence-electron chi connectivity index (χ1n) is 7.09. The van der Waals surface area contributed by atoms with Crippen LogP contribution >= 0.6 is 0 Å². The summed E-state index contributed by atoms with van der Waals surface area (Å²) in [7, 11) is 0. The van der Waals surface area contributed by atoms with Crippen molar-refractivity contribution in [2.45, 2.75) is 26.3 Å². The van der Waals surface area contributed by atoms with Crippen LogP contribution in [0.4, 0.5) is 0 Å². The molecule has 1 aromatic heterocycles. The molecule has 1 aromatic rings. The lowest BCUT2D eigenvalue weighted by Crippen LogP contribution is -2.38. The second-order valence-corrected chi connectivity index (χ2v) is 4.96. The Morgan fingerprint density at radius 1 is 1.50 bits per heavy atom. The number of carbonyl (C=O) groups is 1. The molecular formula is C15H20N4O. The van der Waals surface area contributed by atoms with Crippen LogP contribution in [0.25, 0.3) is 0 Å². The van der Waals surface area contributed by atoms with Crippen LogP contribution in [0.2, 0.25) is 0 Å². The Morgan fingerprint density at radius 3 is 2.80 bits per heavy atom. The maximum absolute atomic E-state index is 12.4. The van der Waals surface area contributed by atoms with Crippen molar-refractivity contribution < 1.29 is 4.79 Å². The number of hydrogen-bond acceptors (Lipinski definition) is 4. The minimum absolute atomic E-state index is 0.0378. The molecule has 0 aliphatic carbocycles. The molecule has 5 heteroatoms. The van der Waals surface area contributed by atoms with E-state index in [9.17, 15) is 4.79 Å². The molecule has 1 atom stereocenters. The molecule has 0 bridgehead atoms. The van der Waals surface area contributed by atoms with Crippen molar-refractivity contribution in [2.24, 2.45) is 0 Å². The second-order valence-electron chi connectivity index (χ2n) is 4.96. The van der Waals surface area contributed by atoms with Crippen LogP contribution in [-0.4, -0.2) is 52.9 Å². The predicted molar refractivity (Wildman–Crippen MR) is 76.2 cm³/mol. The topological polar surface area (TPSA) is 60.2 Å². The third kappa shape index (κ3) is 2.97. The van der Waals surface area contributed by atoms with Crippen molar-refractivity contribution >= 4 is 5.91 Å². The zero-order valence-corrected chi connectivity index (χ0v) is 12.0. The maximum Gasteiger partial charge on any atom is 0.272 e. The summed E-state index contributed by atoms with van der Waals surface area (Å²) in [6, 6.07) is 5.72. The van der Waals surface area contributed by atoms with Gasteiger partial charge in [0.2, 0.25) is 0 Å². The summed E-state index contributed by atoms with van der Waals surface area (Å²) in [6.07, 6.45) is 2.47. The monoisotopic (exact) mass is 272 g/mol. The van der Waals surface area contributed by atoms with E-state index in [-0.39, 0.29) is 5.91 Å². The SMILES string of the molecule is CCN(CC)C1CCN(C(=O)c2ccc(C#N)cn2)C1. The van der Waals surface area contributed by atoms with Gasteiger partial charge in [-0.25, -0.2) is 4.98 Å². The molecule has 0 saturated carbocycles. The van der Waals surface area contributed by atoms with E-state index in [0.29, 0.717) is 17.3 Å². The van der Waals surface area contributed by atoms with Crippen molar-refractivity contribution in [1.82, 2.24) is 14.8 Å². The van der Waals surface area contributed by atoms with Gasteiger partial charge in [0.1, 0.15) is 11.8 Å². The minimum atomic E-state index is -0.0378. The van der Waals surface area contributed by atoms with E-state index in [1.54, 1.807) is 12.1 Å². The van der Waals surface area contributed by atoms with E-state index in [0.717, 1.165) is 32.6 Å². The summed E-state index contributed by atoms with van der Waals surface area (Å²) in [6.45, 7) is 7.87. The Bertz CT molecular complexity index is 502. The number of hydrogen-bond donors (Lipinski definition) is 0. The van der Waals surface area contributed by atoms with Gasteiger partial charge in [0.05, 0.1) is 5.56 Å². The van der Waals surface area contributed by atoms with Gasteiger partial charge in [-0.3, -0.25) is 9.69 Å². The highest BCUT2D eigenvalue weighted by Gasteiger charge is 2.30. The predicted octanol–water partition coefficient (Wildman–Crippen LogP) is 1.51. The highest BCUT2D eigenvalue weighted by Crippen LogP contribution is 2.17. The normalized spacial score (nSPS) is 18.3. The van der Waals surface area contributed by atoms with Gasteiger partial charge < -0.3 is 4.90 Å². The second kappa shape index (κ2) is 6.49. The highest BCUT2D eigenvalue weighted by molar-refractivity contribution is 5.92. The Kier molecular flexibility index (Phi) is 4.70. The van der Waals surface area contributed by atoms with Crippen molar-refractivity contribution in [3.8, 4) is 6.07 Å². The van der Waals surface area contributed by atoms with E-state index in [1.165, 1.54) is 6.20 Å². The largest absolute Gasteiger partial charge is 0.336 e.